The summed E-state index contributed by atoms with van der Waals surface area (Å²) in [5, 5.41) is 0. The molecule has 2 N–H and O–H groups in total. The molecule has 0 spiro atoms. The molecule has 3 heteroatoms. The first-order valence-corrected chi connectivity index (χ1v) is 3.43. The molecule has 0 saturated heterocycles. The molecular formula is C9H11ClNO-. The Labute approximate surface area is 78.4 Å². The van der Waals surface area contributed by atoms with Crippen molar-refractivity contribution < 1.29 is 17.1 Å². The molecule has 1 rings (SSSR count). The third-order valence-corrected chi connectivity index (χ3v) is 1.28. The van der Waals surface area contributed by atoms with Gasteiger partial charge in [0.25, 0.3) is 0 Å². The zero-order chi connectivity index (χ0) is 8.10. The fourth-order valence-corrected chi connectivity index (χ4v) is 0.761. The second-order valence-electron chi connectivity index (χ2n) is 2.14. The van der Waals surface area contributed by atoms with Gasteiger partial charge in [-0.3, -0.25) is 0 Å². The van der Waals surface area contributed by atoms with Crippen LogP contribution in [-0.2, 0) is 0 Å². The smallest absolute Gasteiger partial charge is 0.142 e. The summed E-state index contributed by atoms with van der Waals surface area (Å²) in [6, 6.07) is 7.39. The van der Waals surface area contributed by atoms with Crippen molar-refractivity contribution in [1.82, 2.24) is 0 Å². The molecule has 0 atom stereocenters. The lowest BCUT2D eigenvalue weighted by atomic mass is 10.3. The summed E-state index contributed by atoms with van der Waals surface area (Å²) in [5.41, 5.74) is 6.26. The molecule has 0 fully saturated rings. The fraction of sp³-hybridized carbons (Fsp3) is 0.111. The van der Waals surface area contributed by atoms with Gasteiger partial charge in [-0.1, -0.05) is 24.8 Å². The summed E-state index contributed by atoms with van der Waals surface area (Å²) in [6.45, 7) is 4.03. The van der Waals surface area contributed by atoms with E-state index in [0.717, 1.165) is 0 Å². The fourth-order valence-electron chi connectivity index (χ4n) is 0.761. The first kappa shape index (κ1) is 10.8. The van der Waals surface area contributed by atoms with Crippen LogP contribution in [0.25, 0.3) is 0 Å². The number of rotatable bonds is 3. The zero-order valence-electron chi connectivity index (χ0n) is 6.66. The van der Waals surface area contributed by atoms with Gasteiger partial charge in [0.2, 0.25) is 0 Å². The number of nitrogen functional groups attached to an aromatic ring is 1. The normalized spacial score (nSPS) is 8.33. The Bertz CT molecular complexity index is 250. The van der Waals surface area contributed by atoms with Gasteiger partial charge in [0, 0.05) is 0 Å². The summed E-state index contributed by atoms with van der Waals surface area (Å²) in [7, 11) is 0. The summed E-state index contributed by atoms with van der Waals surface area (Å²) in [6.07, 6.45) is 1.69. The Morgan fingerprint density at radius 2 is 2.08 bits per heavy atom. The Balaban J connectivity index is 0.00000121. The Hall–Kier alpha value is -1.15. The van der Waals surface area contributed by atoms with Crippen LogP contribution < -0.4 is 22.9 Å². The van der Waals surface area contributed by atoms with Gasteiger partial charge in [-0.15, -0.1) is 0 Å². The van der Waals surface area contributed by atoms with E-state index in [1.54, 1.807) is 12.1 Å². The Morgan fingerprint density at radius 3 is 2.67 bits per heavy atom. The average molecular weight is 185 g/mol. The van der Waals surface area contributed by atoms with Crippen molar-refractivity contribution in [1.29, 1.82) is 0 Å². The lowest BCUT2D eigenvalue weighted by Crippen LogP contribution is -3.00. The molecule has 12 heavy (non-hydrogen) atoms. The van der Waals surface area contributed by atoms with Crippen molar-refractivity contribution in [3.63, 3.8) is 0 Å². The largest absolute Gasteiger partial charge is 1.00 e. The van der Waals surface area contributed by atoms with E-state index >= 15 is 0 Å². The highest BCUT2D eigenvalue weighted by molar-refractivity contribution is 5.51. The second kappa shape index (κ2) is 5.49. The van der Waals surface area contributed by atoms with Gasteiger partial charge in [0.15, 0.2) is 0 Å². The minimum absolute atomic E-state index is 0. The molecule has 0 aliphatic heterocycles. The third kappa shape index (κ3) is 2.84. The van der Waals surface area contributed by atoms with E-state index in [2.05, 4.69) is 6.58 Å². The average Bonchev–Trinajstić information content (AvgIpc) is 2.03. The first-order chi connectivity index (χ1) is 5.34. The standard InChI is InChI=1S/C9H11NO.ClH/c1-2-7-11-9-6-4-3-5-8(9)10;/h2-6H,1,7,10H2;1H/p-1. The van der Waals surface area contributed by atoms with Crippen LogP contribution >= 0.6 is 0 Å². The van der Waals surface area contributed by atoms with Crippen LogP contribution in [0.1, 0.15) is 0 Å². The van der Waals surface area contributed by atoms with E-state index < -0.39 is 0 Å². The first-order valence-electron chi connectivity index (χ1n) is 3.43. The molecule has 2 nitrogen and oxygen atoms in total. The molecule has 0 amide bonds. The predicted octanol–water partition coefficient (Wildman–Crippen LogP) is -1.16. The van der Waals surface area contributed by atoms with Crippen molar-refractivity contribution >= 4 is 5.69 Å². The van der Waals surface area contributed by atoms with Gasteiger partial charge in [0.1, 0.15) is 12.4 Å². The lowest BCUT2D eigenvalue weighted by molar-refractivity contribution is -0.00000263. The van der Waals surface area contributed by atoms with Gasteiger partial charge >= 0.3 is 0 Å². The SMILES string of the molecule is C=CCOc1ccccc1N.[Cl-]. The van der Waals surface area contributed by atoms with E-state index in [-0.39, 0.29) is 12.4 Å². The number of nitrogens with two attached hydrogens (primary N) is 1. The summed E-state index contributed by atoms with van der Waals surface area (Å²) < 4.78 is 5.24. The highest BCUT2D eigenvalue weighted by atomic mass is 35.5. The van der Waals surface area contributed by atoms with E-state index in [9.17, 15) is 0 Å². The van der Waals surface area contributed by atoms with E-state index in [0.29, 0.717) is 18.0 Å². The molecule has 0 bridgehead atoms. The molecule has 0 aromatic heterocycles. The minimum Gasteiger partial charge on any atom is -1.00 e. The number of anilines is 1. The van der Waals surface area contributed by atoms with Crippen LogP contribution in [0.2, 0.25) is 0 Å². The van der Waals surface area contributed by atoms with E-state index in [1.165, 1.54) is 0 Å². The highest BCUT2D eigenvalue weighted by Crippen LogP contribution is 2.19. The topological polar surface area (TPSA) is 35.2 Å². The number of halogens is 1. The van der Waals surface area contributed by atoms with E-state index in [4.69, 9.17) is 10.5 Å². The molecule has 1 aromatic carbocycles. The summed E-state index contributed by atoms with van der Waals surface area (Å²) in [4.78, 5) is 0. The molecular weight excluding hydrogens is 174 g/mol. The van der Waals surface area contributed by atoms with Crippen molar-refractivity contribution in [2.75, 3.05) is 12.3 Å². The van der Waals surface area contributed by atoms with Gasteiger partial charge in [-0.25, -0.2) is 0 Å². The number of benzene rings is 1. The maximum absolute atomic E-state index is 5.60. The molecule has 0 saturated carbocycles. The summed E-state index contributed by atoms with van der Waals surface area (Å²) >= 11 is 0. The van der Waals surface area contributed by atoms with Gasteiger partial charge in [-0.05, 0) is 12.1 Å². The molecule has 66 valence electrons. The lowest BCUT2D eigenvalue weighted by Gasteiger charge is -2.04. The van der Waals surface area contributed by atoms with Crippen LogP contribution in [0.15, 0.2) is 36.9 Å². The number of hydrogen-bond acceptors (Lipinski definition) is 2. The maximum Gasteiger partial charge on any atom is 0.142 e. The predicted molar refractivity (Wildman–Crippen MR) is 46.5 cm³/mol. The number of ether oxygens (including phenoxy) is 1. The van der Waals surface area contributed by atoms with Crippen molar-refractivity contribution in [2.24, 2.45) is 0 Å². The Kier molecular flexibility index (Phi) is 4.97. The second-order valence-corrected chi connectivity index (χ2v) is 2.14. The van der Waals surface area contributed by atoms with Crippen molar-refractivity contribution in [3.8, 4) is 5.75 Å². The van der Waals surface area contributed by atoms with Crippen molar-refractivity contribution in [2.45, 2.75) is 0 Å². The van der Waals surface area contributed by atoms with Gasteiger partial charge in [0.05, 0.1) is 5.69 Å². The van der Waals surface area contributed by atoms with Gasteiger partial charge < -0.3 is 22.9 Å². The van der Waals surface area contributed by atoms with Gasteiger partial charge in [-0.2, -0.15) is 0 Å². The van der Waals surface area contributed by atoms with Crippen LogP contribution in [0.5, 0.6) is 5.75 Å². The number of para-hydroxylation sites is 2. The van der Waals surface area contributed by atoms with Crippen LogP contribution in [0.4, 0.5) is 5.69 Å². The molecule has 0 aliphatic rings. The molecule has 0 heterocycles. The van der Waals surface area contributed by atoms with E-state index in [1.807, 2.05) is 18.2 Å². The minimum atomic E-state index is 0. The van der Waals surface area contributed by atoms with Crippen LogP contribution in [-0.4, -0.2) is 6.61 Å². The molecule has 0 radical (unpaired) electrons. The van der Waals surface area contributed by atoms with Crippen molar-refractivity contribution in [3.05, 3.63) is 36.9 Å². The maximum atomic E-state index is 5.60. The highest BCUT2D eigenvalue weighted by Gasteiger charge is 1.94. The monoisotopic (exact) mass is 184 g/mol. The molecule has 1 aromatic rings. The number of hydrogen-bond donors (Lipinski definition) is 1. The molecule has 0 aliphatic carbocycles. The van der Waals surface area contributed by atoms with Crippen LogP contribution in [0, 0.1) is 0 Å². The van der Waals surface area contributed by atoms with Crippen LogP contribution in [0.3, 0.4) is 0 Å². The summed E-state index contributed by atoms with van der Waals surface area (Å²) in [5.74, 6) is 0.715. The quantitative estimate of drug-likeness (QED) is 0.475. The molecule has 0 unspecified atom stereocenters. The Morgan fingerprint density at radius 1 is 1.42 bits per heavy atom. The third-order valence-electron chi connectivity index (χ3n) is 1.28. The zero-order valence-corrected chi connectivity index (χ0v) is 7.42.